The average molecular weight is 399 g/mol. The third-order valence-corrected chi connectivity index (χ3v) is 5.95. The zero-order valence-corrected chi connectivity index (χ0v) is 16.1. The van der Waals surface area contributed by atoms with Gasteiger partial charge in [0.05, 0.1) is 22.3 Å². The van der Waals surface area contributed by atoms with Crippen molar-refractivity contribution in [3.8, 4) is 11.3 Å². The minimum absolute atomic E-state index is 0.0658. The van der Waals surface area contributed by atoms with Gasteiger partial charge in [-0.15, -0.1) is 0 Å². The third-order valence-electron chi connectivity index (χ3n) is 5.95. The normalized spacial score (nSPS) is 15.0. The van der Waals surface area contributed by atoms with Crippen LogP contribution in [0.25, 0.3) is 22.2 Å². The van der Waals surface area contributed by atoms with Crippen molar-refractivity contribution in [1.82, 2.24) is 5.16 Å². The van der Waals surface area contributed by atoms with Crippen molar-refractivity contribution in [2.24, 2.45) is 0 Å². The summed E-state index contributed by atoms with van der Waals surface area (Å²) in [6.45, 7) is 1.88. The predicted octanol–water partition coefficient (Wildman–Crippen LogP) is 5.52. The molecule has 0 atom stereocenters. The van der Waals surface area contributed by atoms with Crippen molar-refractivity contribution in [2.45, 2.75) is 12.8 Å². The van der Waals surface area contributed by atoms with Gasteiger partial charge in [-0.05, 0) is 43.2 Å². The van der Waals surface area contributed by atoms with Crippen LogP contribution in [0, 0.1) is 5.82 Å². The standard InChI is InChI=1S/C24H18FN3O2/c25-14-7-9-15(10-8-14)26-18-13-19(28-11-3-4-12-28)22-21-20(18)23(29)16-5-1-2-6-17(16)24(21)30-27-22/h1-2,5-10,13,26H,3-4,11-12H2. The lowest BCUT2D eigenvalue weighted by molar-refractivity contribution is 0.104. The minimum Gasteiger partial charge on any atom is -0.370 e. The third kappa shape index (κ3) is 2.46. The van der Waals surface area contributed by atoms with Crippen LogP contribution in [0.2, 0.25) is 0 Å². The molecular formula is C24H18FN3O2. The van der Waals surface area contributed by atoms with Gasteiger partial charge in [-0.2, -0.15) is 0 Å². The van der Waals surface area contributed by atoms with E-state index in [4.69, 9.17) is 4.52 Å². The van der Waals surface area contributed by atoms with Crippen LogP contribution < -0.4 is 10.2 Å². The Morgan fingerprint density at radius 1 is 1.00 bits per heavy atom. The second-order valence-corrected chi connectivity index (χ2v) is 7.75. The highest BCUT2D eigenvalue weighted by Crippen LogP contribution is 2.46. The Bertz CT molecular complexity index is 1300. The number of ketones is 1. The summed E-state index contributed by atoms with van der Waals surface area (Å²) in [5.41, 5.74) is 4.98. The minimum atomic E-state index is -0.304. The largest absolute Gasteiger partial charge is 0.370 e. The summed E-state index contributed by atoms with van der Waals surface area (Å²) in [7, 11) is 0. The number of carbonyl (C=O) groups excluding carboxylic acids is 1. The van der Waals surface area contributed by atoms with Gasteiger partial charge in [-0.3, -0.25) is 4.79 Å². The maximum absolute atomic E-state index is 13.5. The van der Waals surface area contributed by atoms with Crippen LogP contribution in [0.5, 0.6) is 0 Å². The van der Waals surface area contributed by atoms with Crippen molar-refractivity contribution in [2.75, 3.05) is 23.3 Å². The molecule has 6 heteroatoms. The van der Waals surface area contributed by atoms with Gasteiger partial charge in [-0.25, -0.2) is 4.39 Å². The molecule has 0 saturated carbocycles. The monoisotopic (exact) mass is 399 g/mol. The lowest BCUT2D eigenvalue weighted by Gasteiger charge is -2.23. The number of hydrogen-bond acceptors (Lipinski definition) is 5. The number of aromatic nitrogens is 1. The van der Waals surface area contributed by atoms with Crippen molar-refractivity contribution >= 4 is 33.7 Å². The molecular weight excluding hydrogens is 381 g/mol. The first-order chi connectivity index (χ1) is 14.7. The van der Waals surface area contributed by atoms with Gasteiger partial charge in [-0.1, -0.05) is 29.4 Å². The molecule has 2 heterocycles. The van der Waals surface area contributed by atoms with Gasteiger partial charge in [0.25, 0.3) is 0 Å². The molecule has 1 aliphatic heterocycles. The molecule has 1 N–H and O–H groups in total. The molecule has 0 bridgehead atoms. The van der Waals surface area contributed by atoms with Crippen molar-refractivity contribution in [3.63, 3.8) is 0 Å². The van der Waals surface area contributed by atoms with E-state index in [1.54, 1.807) is 12.1 Å². The molecule has 1 aromatic heterocycles. The number of halogens is 1. The molecule has 1 fully saturated rings. The van der Waals surface area contributed by atoms with E-state index in [-0.39, 0.29) is 11.6 Å². The molecule has 0 radical (unpaired) electrons. The molecule has 5 nitrogen and oxygen atoms in total. The van der Waals surface area contributed by atoms with Gasteiger partial charge in [0.2, 0.25) is 0 Å². The van der Waals surface area contributed by atoms with Crippen LogP contribution in [-0.2, 0) is 0 Å². The molecule has 0 spiro atoms. The van der Waals surface area contributed by atoms with Crippen LogP contribution in [0.15, 0.2) is 59.1 Å². The van der Waals surface area contributed by atoms with Crippen molar-refractivity contribution in [3.05, 3.63) is 71.5 Å². The smallest absolute Gasteiger partial charge is 0.196 e. The molecule has 4 aromatic rings. The van der Waals surface area contributed by atoms with Crippen LogP contribution in [-0.4, -0.2) is 24.0 Å². The summed E-state index contributed by atoms with van der Waals surface area (Å²) in [4.78, 5) is 15.8. The van der Waals surface area contributed by atoms with E-state index in [1.165, 1.54) is 12.1 Å². The first-order valence-corrected chi connectivity index (χ1v) is 10.1. The zero-order chi connectivity index (χ0) is 20.2. The summed E-state index contributed by atoms with van der Waals surface area (Å²) in [6, 6.07) is 15.6. The molecule has 148 valence electrons. The van der Waals surface area contributed by atoms with Crippen molar-refractivity contribution in [1.29, 1.82) is 0 Å². The maximum atomic E-state index is 13.5. The van der Waals surface area contributed by atoms with E-state index in [0.717, 1.165) is 48.1 Å². The first-order valence-electron chi connectivity index (χ1n) is 10.1. The second kappa shape index (κ2) is 6.42. The fourth-order valence-electron chi connectivity index (χ4n) is 4.53. The van der Waals surface area contributed by atoms with Crippen LogP contribution in [0.4, 0.5) is 21.5 Å². The van der Waals surface area contributed by atoms with Crippen LogP contribution in [0.1, 0.15) is 28.8 Å². The van der Waals surface area contributed by atoms with Crippen LogP contribution in [0.3, 0.4) is 0 Å². The Balaban J connectivity index is 1.63. The topological polar surface area (TPSA) is 58.4 Å². The summed E-state index contributed by atoms with van der Waals surface area (Å²) >= 11 is 0. The van der Waals surface area contributed by atoms with E-state index in [2.05, 4.69) is 15.4 Å². The lowest BCUT2D eigenvalue weighted by Crippen LogP contribution is -2.19. The number of nitrogens with one attached hydrogen (secondary N) is 1. The quantitative estimate of drug-likeness (QED) is 0.433. The van der Waals surface area contributed by atoms with Gasteiger partial charge in [0.15, 0.2) is 11.5 Å². The van der Waals surface area contributed by atoms with Crippen LogP contribution >= 0.6 is 0 Å². The Morgan fingerprint density at radius 2 is 1.73 bits per heavy atom. The van der Waals surface area contributed by atoms with E-state index in [0.29, 0.717) is 28.3 Å². The molecule has 1 saturated heterocycles. The molecule has 1 aliphatic carbocycles. The summed E-state index contributed by atoms with van der Waals surface area (Å²) < 4.78 is 19.2. The molecule has 2 aliphatic rings. The molecule has 6 rings (SSSR count). The Kier molecular flexibility index (Phi) is 3.68. The summed E-state index contributed by atoms with van der Waals surface area (Å²) in [5, 5.41) is 8.46. The highest BCUT2D eigenvalue weighted by Gasteiger charge is 2.34. The number of carbonyl (C=O) groups is 1. The number of fused-ring (bicyclic) bond motifs is 2. The number of anilines is 3. The molecule has 0 unspecified atom stereocenters. The zero-order valence-electron chi connectivity index (χ0n) is 16.1. The van der Waals surface area contributed by atoms with Gasteiger partial charge in [0.1, 0.15) is 11.3 Å². The fourth-order valence-corrected chi connectivity index (χ4v) is 4.53. The van der Waals surface area contributed by atoms with E-state index < -0.39 is 0 Å². The van der Waals surface area contributed by atoms with Crippen molar-refractivity contribution < 1.29 is 13.7 Å². The summed E-state index contributed by atoms with van der Waals surface area (Å²) in [6.07, 6.45) is 2.24. The number of benzene rings is 3. The Labute approximate surface area is 172 Å². The first kappa shape index (κ1) is 17.2. The predicted molar refractivity (Wildman–Crippen MR) is 114 cm³/mol. The fraction of sp³-hybridized carbons (Fsp3) is 0.167. The number of hydrogen-bond donors (Lipinski definition) is 1. The highest BCUT2D eigenvalue weighted by atomic mass is 19.1. The highest BCUT2D eigenvalue weighted by molar-refractivity contribution is 6.28. The van der Waals surface area contributed by atoms with Gasteiger partial charge >= 0.3 is 0 Å². The SMILES string of the molecule is O=C1c2ccccc2-c2onc3c(N4CCCC4)cc(Nc4ccc(F)cc4)c1c23. The van der Waals surface area contributed by atoms with Gasteiger partial charge < -0.3 is 14.7 Å². The number of rotatable bonds is 3. The second-order valence-electron chi connectivity index (χ2n) is 7.75. The Morgan fingerprint density at radius 3 is 2.50 bits per heavy atom. The molecule has 30 heavy (non-hydrogen) atoms. The summed E-state index contributed by atoms with van der Waals surface area (Å²) in [5.74, 6) is 0.253. The molecule has 0 amide bonds. The van der Waals surface area contributed by atoms with E-state index in [9.17, 15) is 9.18 Å². The number of nitrogens with zero attached hydrogens (tertiary/aromatic N) is 2. The maximum Gasteiger partial charge on any atom is 0.196 e. The van der Waals surface area contributed by atoms with E-state index in [1.807, 2.05) is 30.3 Å². The van der Waals surface area contributed by atoms with E-state index >= 15 is 0 Å². The lowest BCUT2D eigenvalue weighted by atomic mass is 9.86. The average Bonchev–Trinajstić information content (AvgIpc) is 3.45. The van der Waals surface area contributed by atoms with Gasteiger partial charge in [0, 0.05) is 29.9 Å². The Hall–Kier alpha value is -3.67. The molecule has 3 aromatic carbocycles.